The van der Waals surface area contributed by atoms with Gasteiger partial charge in [-0.3, -0.25) is 9.27 Å². The first-order valence-corrected chi connectivity index (χ1v) is 11.3. The minimum atomic E-state index is -2.12. The monoisotopic (exact) mass is 445 g/mol. The number of aromatic amines is 1. The van der Waals surface area contributed by atoms with Crippen molar-refractivity contribution in [2.75, 3.05) is 4.72 Å². The molecule has 7 nitrogen and oxygen atoms in total. The van der Waals surface area contributed by atoms with Crippen molar-refractivity contribution in [2.45, 2.75) is 26.3 Å². The second kappa shape index (κ2) is 7.58. The first-order chi connectivity index (χ1) is 15.3. The summed E-state index contributed by atoms with van der Waals surface area (Å²) in [5, 5.41) is 1.01. The summed E-state index contributed by atoms with van der Waals surface area (Å²) in [5.41, 5.74) is 7.33. The van der Waals surface area contributed by atoms with Crippen molar-refractivity contribution in [1.82, 2.24) is 19.5 Å². The van der Waals surface area contributed by atoms with Gasteiger partial charge >= 0.3 is 0 Å². The topological polar surface area (TPSA) is 95.8 Å². The molecule has 3 heterocycles. The molecule has 1 unspecified atom stereocenters. The first kappa shape index (κ1) is 20.4. The number of anilines is 1. The Hall–Kier alpha value is -3.49. The van der Waals surface area contributed by atoms with Gasteiger partial charge in [0.05, 0.1) is 17.4 Å². The van der Waals surface area contributed by atoms with Crippen molar-refractivity contribution in [2.24, 2.45) is 0 Å². The molecule has 0 bridgehead atoms. The summed E-state index contributed by atoms with van der Waals surface area (Å²) >= 11 is -2.12. The Balaban J connectivity index is 1.62. The van der Waals surface area contributed by atoms with E-state index in [1.165, 1.54) is 0 Å². The molecule has 0 aliphatic carbocycles. The van der Waals surface area contributed by atoms with Crippen LogP contribution in [0.4, 0.5) is 5.69 Å². The number of rotatable bonds is 4. The molecular formula is C24H23N5O2S. The van der Waals surface area contributed by atoms with Crippen molar-refractivity contribution in [3.63, 3.8) is 0 Å². The highest BCUT2D eigenvalue weighted by Crippen LogP contribution is 2.34. The number of fused-ring (bicyclic) bond motifs is 2. The minimum Gasteiger partial charge on any atom is -0.346 e. The van der Waals surface area contributed by atoms with Crippen LogP contribution in [0.1, 0.15) is 20.8 Å². The van der Waals surface area contributed by atoms with Gasteiger partial charge < -0.3 is 9.55 Å². The highest BCUT2D eigenvalue weighted by Gasteiger charge is 2.17. The number of nitrogens with zero attached hydrogens (tertiary/aromatic N) is 3. The third-order valence-corrected chi connectivity index (χ3v) is 5.92. The third-order valence-electron chi connectivity index (χ3n) is 5.51. The van der Waals surface area contributed by atoms with Gasteiger partial charge in [-0.1, -0.05) is 18.2 Å². The van der Waals surface area contributed by atoms with E-state index in [9.17, 15) is 4.21 Å². The van der Waals surface area contributed by atoms with Crippen LogP contribution in [0.25, 0.3) is 44.3 Å². The molecule has 5 aromatic rings. The zero-order chi connectivity index (χ0) is 22.5. The van der Waals surface area contributed by atoms with Gasteiger partial charge in [-0.15, -0.1) is 0 Å². The van der Waals surface area contributed by atoms with Crippen molar-refractivity contribution < 1.29 is 8.76 Å². The van der Waals surface area contributed by atoms with Crippen LogP contribution in [0.5, 0.6) is 0 Å². The van der Waals surface area contributed by atoms with Crippen LogP contribution >= 0.6 is 0 Å². The lowest BCUT2D eigenvalue weighted by molar-refractivity contribution is 0.408. The standard InChI is InChI=1S/C24H23N5O2S/c1-24(2,3)29-14-27-21-8-7-16(11-22(21)29)20-13-26-23-19(20)10-17(12-25-23)15-5-4-6-18(9-15)28-32(30)31/h4-14,28H,1-3H3,(H,25,26)(H,30,31). The molecule has 0 aliphatic rings. The van der Waals surface area contributed by atoms with E-state index in [1.807, 2.05) is 36.8 Å². The SMILES string of the molecule is CC(C)(C)n1cnc2ccc(-c3c[nH]c4ncc(-c5cccc(NS(=O)O)c5)cc34)cc21. The molecule has 8 heteroatoms. The van der Waals surface area contributed by atoms with Crippen LogP contribution in [0.15, 0.2) is 67.3 Å². The van der Waals surface area contributed by atoms with Gasteiger partial charge in [-0.05, 0) is 62.2 Å². The Morgan fingerprint density at radius 1 is 1.03 bits per heavy atom. The summed E-state index contributed by atoms with van der Waals surface area (Å²) in [6, 6.07) is 15.8. The predicted molar refractivity (Wildman–Crippen MR) is 130 cm³/mol. The number of hydrogen-bond acceptors (Lipinski definition) is 3. The fourth-order valence-corrected chi connectivity index (χ4v) is 4.30. The number of hydrogen-bond donors (Lipinski definition) is 3. The summed E-state index contributed by atoms with van der Waals surface area (Å²) in [5.74, 6) is 0. The highest BCUT2D eigenvalue weighted by atomic mass is 32.2. The summed E-state index contributed by atoms with van der Waals surface area (Å²) < 4.78 is 24.9. The first-order valence-electron chi connectivity index (χ1n) is 10.2. The summed E-state index contributed by atoms with van der Waals surface area (Å²) in [4.78, 5) is 12.4. The van der Waals surface area contributed by atoms with E-state index in [0.717, 1.165) is 44.3 Å². The minimum absolute atomic E-state index is 0.0698. The molecule has 5 rings (SSSR count). The second-order valence-corrected chi connectivity index (χ2v) is 9.45. The van der Waals surface area contributed by atoms with E-state index < -0.39 is 11.3 Å². The Bertz CT molecular complexity index is 1480. The van der Waals surface area contributed by atoms with E-state index in [2.05, 4.69) is 63.2 Å². The molecule has 2 aromatic carbocycles. The molecule has 0 spiro atoms. The predicted octanol–water partition coefficient (Wildman–Crippen LogP) is 5.55. The Kier molecular flexibility index (Phi) is 4.83. The van der Waals surface area contributed by atoms with Gasteiger partial charge in [-0.25, -0.2) is 14.2 Å². The number of pyridine rings is 1. The van der Waals surface area contributed by atoms with E-state index in [0.29, 0.717) is 5.69 Å². The van der Waals surface area contributed by atoms with E-state index in [-0.39, 0.29) is 5.54 Å². The average molecular weight is 446 g/mol. The van der Waals surface area contributed by atoms with Crippen LogP contribution in [-0.2, 0) is 16.8 Å². The van der Waals surface area contributed by atoms with Gasteiger partial charge in [0.1, 0.15) is 5.65 Å². The zero-order valence-electron chi connectivity index (χ0n) is 18.0. The van der Waals surface area contributed by atoms with Crippen molar-refractivity contribution >= 4 is 39.0 Å². The molecule has 0 saturated carbocycles. The Morgan fingerprint density at radius 2 is 1.88 bits per heavy atom. The number of benzene rings is 2. The van der Waals surface area contributed by atoms with Gasteiger partial charge in [-0.2, -0.15) is 0 Å². The molecule has 1 atom stereocenters. The van der Waals surface area contributed by atoms with Crippen molar-refractivity contribution in [1.29, 1.82) is 0 Å². The maximum Gasteiger partial charge on any atom is 0.259 e. The van der Waals surface area contributed by atoms with Crippen LogP contribution in [-0.4, -0.2) is 28.3 Å². The van der Waals surface area contributed by atoms with Gasteiger partial charge in [0, 0.05) is 40.1 Å². The van der Waals surface area contributed by atoms with E-state index in [4.69, 9.17) is 4.55 Å². The quantitative estimate of drug-likeness (QED) is 0.316. The van der Waals surface area contributed by atoms with Crippen LogP contribution in [0.3, 0.4) is 0 Å². The maximum absolute atomic E-state index is 11.1. The molecule has 0 radical (unpaired) electrons. The largest absolute Gasteiger partial charge is 0.346 e. The summed E-state index contributed by atoms with van der Waals surface area (Å²) in [6.45, 7) is 6.49. The maximum atomic E-state index is 11.1. The third kappa shape index (κ3) is 3.68. The van der Waals surface area contributed by atoms with Crippen LogP contribution < -0.4 is 4.72 Å². The number of aromatic nitrogens is 4. The molecule has 0 fully saturated rings. The van der Waals surface area contributed by atoms with Gasteiger partial charge in [0.15, 0.2) is 0 Å². The van der Waals surface area contributed by atoms with Crippen LogP contribution in [0, 0.1) is 0 Å². The normalized spacial score (nSPS) is 13.0. The van der Waals surface area contributed by atoms with E-state index in [1.54, 1.807) is 12.3 Å². The van der Waals surface area contributed by atoms with Crippen molar-refractivity contribution in [3.05, 3.63) is 67.3 Å². The van der Waals surface area contributed by atoms with Crippen molar-refractivity contribution in [3.8, 4) is 22.3 Å². The lowest BCUT2D eigenvalue weighted by atomic mass is 10.0. The van der Waals surface area contributed by atoms with Crippen LogP contribution in [0.2, 0.25) is 0 Å². The molecule has 0 saturated heterocycles. The molecular weight excluding hydrogens is 422 g/mol. The fraction of sp³-hybridized carbons (Fsp3) is 0.167. The summed E-state index contributed by atoms with van der Waals surface area (Å²) in [6.07, 6.45) is 5.67. The zero-order valence-corrected chi connectivity index (χ0v) is 18.8. The summed E-state index contributed by atoms with van der Waals surface area (Å²) in [7, 11) is 0. The number of nitrogens with one attached hydrogen (secondary N) is 2. The molecule has 32 heavy (non-hydrogen) atoms. The van der Waals surface area contributed by atoms with Gasteiger partial charge in [0.2, 0.25) is 0 Å². The number of imidazole rings is 1. The Labute approximate surface area is 187 Å². The second-order valence-electron chi connectivity index (χ2n) is 8.74. The average Bonchev–Trinajstić information content (AvgIpc) is 3.36. The highest BCUT2D eigenvalue weighted by molar-refractivity contribution is 7.80. The van der Waals surface area contributed by atoms with E-state index >= 15 is 0 Å². The van der Waals surface area contributed by atoms with Gasteiger partial charge in [0.25, 0.3) is 11.3 Å². The molecule has 0 aliphatic heterocycles. The Morgan fingerprint density at radius 3 is 2.66 bits per heavy atom. The number of H-pyrrole nitrogens is 1. The molecule has 3 aromatic heterocycles. The smallest absolute Gasteiger partial charge is 0.259 e. The fourth-order valence-electron chi connectivity index (χ4n) is 3.97. The lowest BCUT2D eigenvalue weighted by Gasteiger charge is -2.21. The molecule has 0 amide bonds. The molecule has 3 N–H and O–H groups in total. The lowest BCUT2D eigenvalue weighted by Crippen LogP contribution is -2.20. The molecule has 162 valence electrons.